The molecule has 0 radical (unpaired) electrons. The van der Waals surface area contributed by atoms with Crippen molar-refractivity contribution in [2.45, 2.75) is 5.37 Å². The summed E-state index contributed by atoms with van der Waals surface area (Å²) in [6.07, 6.45) is 1.80. The fraction of sp³-hybridized carbons (Fsp3) is 0.0385. The predicted octanol–water partition coefficient (Wildman–Crippen LogP) is 8.07. The van der Waals surface area contributed by atoms with Crippen molar-refractivity contribution in [3.63, 3.8) is 0 Å². The van der Waals surface area contributed by atoms with Gasteiger partial charge in [-0.1, -0.05) is 83.5 Å². The Morgan fingerprint density at radius 3 is 2.28 bits per heavy atom. The number of para-hydroxylation sites is 1. The summed E-state index contributed by atoms with van der Waals surface area (Å²) in [6.45, 7) is 0. The molecule has 3 aromatic carbocycles. The van der Waals surface area contributed by atoms with Crippen molar-refractivity contribution in [2.75, 3.05) is 4.90 Å². The summed E-state index contributed by atoms with van der Waals surface area (Å²) in [5.74, 6) is 1.21. The molecule has 6 heteroatoms. The third kappa shape index (κ3) is 4.09. The molecule has 1 unspecified atom stereocenters. The van der Waals surface area contributed by atoms with Crippen LogP contribution in [0.1, 0.15) is 16.7 Å². The average Bonchev–Trinajstić information content (AvgIpc) is 3.42. The van der Waals surface area contributed by atoms with Crippen molar-refractivity contribution in [2.24, 2.45) is 0 Å². The van der Waals surface area contributed by atoms with Crippen molar-refractivity contribution < 1.29 is 9.21 Å². The van der Waals surface area contributed by atoms with Gasteiger partial charge in [0.15, 0.2) is 0 Å². The Bertz CT molecular complexity index is 1300. The van der Waals surface area contributed by atoms with Gasteiger partial charge in [0.2, 0.25) is 0 Å². The number of hydrogen-bond acceptors (Lipinski definition) is 3. The van der Waals surface area contributed by atoms with Crippen LogP contribution in [-0.4, -0.2) is 5.91 Å². The molecule has 4 aromatic rings. The number of thioether (sulfide) groups is 1. The smallest absolute Gasteiger partial charge is 0.266 e. The SMILES string of the molecule is O=C1/C(=C/c2ccc(-c3ccc(Cl)c(Cl)c3)o2)SC(c2ccccc2)N1c1ccccc1. The van der Waals surface area contributed by atoms with Gasteiger partial charge in [0.25, 0.3) is 5.91 Å². The van der Waals surface area contributed by atoms with Crippen molar-refractivity contribution >= 4 is 52.6 Å². The minimum Gasteiger partial charge on any atom is -0.457 e. The van der Waals surface area contributed by atoms with Gasteiger partial charge in [0.1, 0.15) is 16.9 Å². The molecule has 1 aliphatic rings. The maximum Gasteiger partial charge on any atom is 0.266 e. The molecule has 3 nitrogen and oxygen atoms in total. The van der Waals surface area contributed by atoms with E-state index in [1.54, 1.807) is 18.2 Å². The minimum absolute atomic E-state index is 0.0532. The normalized spacial score (nSPS) is 17.3. The first-order chi connectivity index (χ1) is 15.6. The van der Waals surface area contributed by atoms with E-state index in [4.69, 9.17) is 27.6 Å². The van der Waals surface area contributed by atoms with E-state index in [0.717, 1.165) is 16.8 Å². The van der Waals surface area contributed by atoms with Gasteiger partial charge < -0.3 is 4.42 Å². The van der Waals surface area contributed by atoms with E-state index in [9.17, 15) is 4.79 Å². The summed E-state index contributed by atoms with van der Waals surface area (Å²) in [4.78, 5) is 15.9. The third-order valence-electron chi connectivity index (χ3n) is 5.13. The van der Waals surface area contributed by atoms with Gasteiger partial charge >= 0.3 is 0 Å². The van der Waals surface area contributed by atoms with E-state index >= 15 is 0 Å². The first-order valence-electron chi connectivity index (χ1n) is 9.97. The second-order valence-corrected chi connectivity index (χ2v) is 9.17. The maximum atomic E-state index is 13.4. The lowest BCUT2D eigenvalue weighted by atomic mass is 10.2. The highest BCUT2D eigenvalue weighted by atomic mass is 35.5. The van der Waals surface area contributed by atoms with Crippen molar-refractivity contribution in [1.82, 2.24) is 0 Å². The first kappa shape index (κ1) is 21.0. The van der Waals surface area contributed by atoms with Gasteiger partial charge in [-0.25, -0.2) is 0 Å². The van der Waals surface area contributed by atoms with Crippen LogP contribution in [0.3, 0.4) is 0 Å². The number of carbonyl (C=O) groups is 1. The summed E-state index contributed by atoms with van der Waals surface area (Å²) in [5, 5.41) is 0.804. The molecule has 0 spiro atoms. The lowest BCUT2D eigenvalue weighted by Gasteiger charge is -2.23. The highest BCUT2D eigenvalue weighted by Gasteiger charge is 2.38. The molecule has 0 bridgehead atoms. The molecule has 2 heterocycles. The van der Waals surface area contributed by atoms with Crippen LogP contribution in [0.25, 0.3) is 17.4 Å². The van der Waals surface area contributed by atoms with E-state index < -0.39 is 0 Å². The van der Waals surface area contributed by atoms with E-state index in [1.807, 2.05) is 83.8 Å². The van der Waals surface area contributed by atoms with Gasteiger partial charge in [-0.3, -0.25) is 9.69 Å². The molecule has 158 valence electrons. The van der Waals surface area contributed by atoms with E-state index in [0.29, 0.717) is 26.5 Å². The van der Waals surface area contributed by atoms with E-state index in [2.05, 4.69) is 0 Å². The molecule has 1 aromatic heterocycles. The number of rotatable bonds is 4. The van der Waals surface area contributed by atoms with Crippen LogP contribution in [0, 0.1) is 0 Å². The third-order valence-corrected chi connectivity index (χ3v) is 7.12. The van der Waals surface area contributed by atoms with Gasteiger partial charge in [-0.05, 0) is 48.0 Å². The highest BCUT2D eigenvalue weighted by molar-refractivity contribution is 8.05. The Labute approximate surface area is 200 Å². The topological polar surface area (TPSA) is 33.5 Å². The monoisotopic (exact) mass is 477 g/mol. The molecule has 1 aliphatic heterocycles. The van der Waals surface area contributed by atoms with Crippen LogP contribution in [-0.2, 0) is 4.79 Å². The lowest BCUT2D eigenvalue weighted by molar-refractivity contribution is -0.114. The largest absolute Gasteiger partial charge is 0.457 e. The molecule has 1 amide bonds. The fourth-order valence-corrected chi connectivity index (χ4v) is 5.12. The summed E-state index contributed by atoms with van der Waals surface area (Å²) in [7, 11) is 0. The van der Waals surface area contributed by atoms with Crippen LogP contribution in [0.2, 0.25) is 10.0 Å². The number of halogens is 2. The maximum absolute atomic E-state index is 13.4. The Kier molecular flexibility index (Phi) is 5.83. The summed E-state index contributed by atoms with van der Waals surface area (Å²) >= 11 is 13.7. The number of amides is 1. The Morgan fingerprint density at radius 1 is 0.844 bits per heavy atom. The summed E-state index contributed by atoms with van der Waals surface area (Å²) < 4.78 is 5.99. The molecule has 32 heavy (non-hydrogen) atoms. The number of furan rings is 1. The molecule has 1 atom stereocenters. The average molecular weight is 478 g/mol. The predicted molar refractivity (Wildman–Crippen MR) is 133 cm³/mol. The number of carbonyl (C=O) groups excluding carboxylic acids is 1. The second kappa shape index (κ2) is 8.91. The first-order valence-corrected chi connectivity index (χ1v) is 11.6. The molecule has 0 saturated carbocycles. The molecule has 1 fully saturated rings. The molecule has 0 aliphatic carbocycles. The molecular formula is C26H17Cl2NO2S. The van der Waals surface area contributed by atoms with E-state index in [1.165, 1.54) is 11.8 Å². The number of anilines is 1. The number of benzene rings is 3. The lowest BCUT2D eigenvalue weighted by Crippen LogP contribution is -2.27. The molecular weight excluding hydrogens is 461 g/mol. The fourth-order valence-electron chi connectivity index (χ4n) is 3.58. The van der Waals surface area contributed by atoms with Crippen molar-refractivity contribution in [1.29, 1.82) is 0 Å². The standard InChI is InChI=1S/C26H17Cl2NO2S/c27-21-13-11-18(15-22(21)28)23-14-12-20(31-23)16-24-25(30)29(19-9-5-2-6-10-19)26(32-24)17-7-3-1-4-8-17/h1-16,26H/b24-16-. The summed E-state index contributed by atoms with van der Waals surface area (Å²) in [6, 6.07) is 28.8. The van der Waals surface area contributed by atoms with Gasteiger partial charge in [-0.15, -0.1) is 0 Å². The zero-order valence-electron chi connectivity index (χ0n) is 16.7. The zero-order valence-corrected chi connectivity index (χ0v) is 19.1. The van der Waals surface area contributed by atoms with Crippen molar-refractivity contribution in [3.8, 4) is 11.3 Å². The van der Waals surface area contributed by atoms with Crippen LogP contribution >= 0.6 is 35.0 Å². The Hall–Kier alpha value is -2.92. The van der Waals surface area contributed by atoms with Crippen LogP contribution in [0.15, 0.2) is 100 Å². The van der Waals surface area contributed by atoms with Crippen LogP contribution < -0.4 is 4.90 Å². The number of hydrogen-bond donors (Lipinski definition) is 0. The van der Waals surface area contributed by atoms with Crippen molar-refractivity contribution in [3.05, 3.63) is 117 Å². The highest BCUT2D eigenvalue weighted by Crippen LogP contribution is 2.48. The minimum atomic E-state index is -0.151. The Balaban J connectivity index is 1.49. The Morgan fingerprint density at radius 2 is 1.56 bits per heavy atom. The summed E-state index contributed by atoms with van der Waals surface area (Å²) in [5.41, 5.74) is 2.75. The molecule has 5 rings (SSSR count). The zero-order chi connectivity index (χ0) is 22.1. The molecule has 0 N–H and O–H groups in total. The van der Waals surface area contributed by atoms with Crippen LogP contribution in [0.4, 0.5) is 5.69 Å². The van der Waals surface area contributed by atoms with Gasteiger partial charge in [0, 0.05) is 17.3 Å². The van der Waals surface area contributed by atoms with E-state index in [-0.39, 0.29) is 11.3 Å². The molecule has 1 saturated heterocycles. The quantitative estimate of drug-likeness (QED) is 0.278. The van der Waals surface area contributed by atoms with Gasteiger partial charge in [0.05, 0.1) is 15.0 Å². The number of nitrogens with zero attached hydrogens (tertiary/aromatic N) is 1. The second-order valence-electron chi connectivity index (χ2n) is 7.23. The van der Waals surface area contributed by atoms with Crippen LogP contribution in [0.5, 0.6) is 0 Å². The van der Waals surface area contributed by atoms with Gasteiger partial charge in [-0.2, -0.15) is 0 Å².